The van der Waals surface area contributed by atoms with E-state index in [2.05, 4.69) is 0 Å². The lowest BCUT2D eigenvalue weighted by molar-refractivity contribution is -0.130. The predicted octanol–water partition coefficient (Wildman–Crippen LogP) is 2.01. The number of rotatable bonds is 4. The van der Waals surface area contributed by atoms with Crippen LogP contribution in [0.3, 0.4) is 0 Å². The Bertz CT molecular complexity index is 760. The number of amides is 1. The molecular weight excluding hydrogens is 302 g/mol. The lowest BCUT2D eigenvalue weighted by Gasteiger charge is -2.15. The van der Waals surface area contributed by atoms with Gasteiger partial charge in [0.05, 0.1) is 5.25 Å². The third kappa shape index (κ3) is 3.16. The van der Waals surface area contributed by atoms with Crippen LogP contribution in [0, 0.1) is 0 Å². The maximum absolute atomic E-state index is 12.2. The van der Waals surface area contributed by atoms with Crippen LogP contribution in [0.5, 0.6) is 0 Å². The fourth-order valence-corrected chi connectivity index (χ4v) is 3.84. The molecule has 0 spiro atoms. The number of furan rings is 1. The highest BCUT2D eigenvalue weighted by Crippen LogP contribution is 2.21. The summed E-state index contributed by atoms with van der Waals surface area (Å²) in [6.45, 7) is 0.842. The van der Waals surface area contributed by atoms with Gasteiger partial charge in [0.25, 0.3) is 0 Å². The monoisotopic (exact) mass is 321 g/mol. The van der Waals surface area contributed by atoms with Crippen molar-refractivity contribution in [3.63, 3.8) is 0 Å². The maximum atomic E-state index is 12.2. The van der Waals surface area contributed by atoms with Gasteiger partial charge in [-0.15, -0.1) is 0 Å². The van der Waals surface area contributed by atoms with E-state index >= 15 is 0 Å². The number of nitrogens with zero attached hydrogens (tertiary/aromatic N) is 1. The van der Waals surface area contributed by atoms with Gasteiger partial charge in [-0.1, -0.05) is 18.2 Å². The molecule has 0 saturated carbocycles. The molecular formula is C16H19NO4S. The van der Waals surface area contributed by atoms with Gasteiger partial charge in [0.15, 0.2) is 9.84 Å². The lowest BCUT2D eigenvalue weighted by atomic mass is 10.2. The van der Waals surface area contributed by atoms with Crippen molar-refractivity contribution in [1.82, 2.24) is 4.90 Å². The van der Waals surface area contributed by atoms with Gasteiger partial charge in [-0.25, -0.2) is 8.42 Å². The Labute approximate surface area is 129 Å². The molecule has 1 aromatic heterocycles. The number of aryl methyl sites for hydroxylation is 1. The number of benzene rings is 1. The molecule has 1 unspecified atom stereocenters. The SMILES string of the molecule is CS(=O)(=O)C1CCN(C(=O)CCc2cc3ccccc3o2)C1. The van der Waals surface area contributed by atoms with Crippen LogP contribution in [0.1, 0.15) is 18.6 Å². The molecule has 1 aromatic carbocycles. The highest BCUT2D eigenvalue weighted by Gasteiger charge is 2.32. The summed E-state index contributed by atoms with van der Waals surface area (Å²) >= 11 is 0. The topological polar surface area (TPSA) is 67.6 Å². The molecule has 6 heteroatoms. The Kier molecular flexibility index (Phi) is 3.95. The van der Waals surface area contributed by atoms with Gasteiger partial charge in [0.2, 0.25) is 5.91 Å². The molecule has 0 bridgehead atoms. The first kappa shape index (κ1) is 15.1. The fraction of sp³-hybridized carbons (Fsp3) is 0.438. The molecule has 0 N–H and O–H groups in total. The van der Waals surface area contributed by atoms with Crippen molar-refractivity contribution < 1.29 is 17.6 Å². The van der Waals surface area contributed by atoms with Gasteiger partial charge in [-0.05, 0) is 18.6 Å². The average Bonchev–Trinajstić information content (AvgIpc) is 3.10. The molecule has 1 atom stereocenters. The number of carbonyl (C=O) groups excluding carboxylic acids is 1. The van der Waals surface area contributed by atoms with Crippen molar-refractivity contribution in [3.05, 3.63) is 36.1 Å². The summed E-state index contributed by atoms with van der Waals surface area (Å²) in [5.41, 5.74) is 0.822. The van der Waals surface area contributed by atoms with E-state index in [0.29, 0.717) is 32.4 Å². The van der Waals surface area contributed by atoms with Crippen molar-refractivity contribution in [2.75, 3.05) is 19.3 Å². The zero-order valence-corrected chi connectivity index (χ0v) is 13.3. The number of para-hydroxylation sites is 1. The summed E-state index contributed by atoms with van der Waals surface area (Å²) in [6.07, 6.45) is 2.65. The average molecular weight is 321 g/mol. The minimum absolute atomic E-state index is 0.00777. The smallest absolute Gasteiger partial charge is 0.223 e. The number of sulfone groups is 1. The van der Waals surface area contributed by atoms with Gasteiger partial charge in [-0.2, -0.15) is 0 Å². The van der Waals surface area contributed by atoms with E-state index in [1.807, 2.05) is 30.3 Å². The molecule has 5 nitrogen and oxygen atoms in total. The molecule has 118 valence electrons. The van der Waals surface area contributed by atoms with Gasteiger partial charge in [0, 0.05) is 37.6 Å². The van der Waals surface area contributed by atoms with Gasteiger partial charge < -0.3 is 9.32 Å². The second-order valence-electron chi connectivity index (χ2n) is 5.83. The van der Waals surface area contributed by atoms with Crippen molar-refractivity contribution >= 4 is 26.7 Å². The Hall–Kier alpha value is -1.82. The minimum atomic E-state index is -3.07. The minimum Gasteiger partial charge on any atom is -0.461 e. The summed E-state index contributed by atoms with van der Waals surface area (Å²) in [4.78, 5) is 13.8. The number of likely N-dealkylation sites (tertiary alicyclic amines) is 1. The molecule has 2 heterocycles. The van der Waals surface area contributed by atoms with E-state index in [-0.39, 0.29) is 5.91 Å². The van der Waals surface area contributed by atoms with Crippen LogP contribution in [0.4, 0.5) is 0 Å². The zero-order chi connectivity index (χ0) is 15.7. The summed E-state index contributed by atoms with van der Waals surface area (Å²) in [5.74, 6) is 0.778. The number of carbonyl (C=O) groups is 1. The van der Waals surface area contributed by atoms with Gasteiger partial charge in [-0.3, -0.25) is 4.79 Å². The van der Waals surface area contributed by atoms with E-state index in [1.165, 1.54) is 6.26 Å². The molecule has 2 aromatic rings. The van der Waals surface area contributed by atoms with Crippen LogP contribution in [0.25, 0.3) is 11.0 Å². The summed E-state index contributed by atoms with van der Waals surface area (Å²) in [6, 6.07) is 9.68. The van der Waals surface area contributed by atoms with Gasteiger partial charge in [0.1, 0.15) is 11.3 Å². The van der Waals surface area contributed by atoms with Crippen LogP contribution in [-0.4, -0.2) is 43.8 Å². The van der Waals surface area contributed by atoms with E-state index in [0.717, 1.165) is 16.7 Å². The Morgan fingerprint density at radius 3 is 2.82 bits per heavy atom. The molecule has 1 fully saturated rings. The Balaban J connectivity index is 1.59. The Morgan fingerprint density at radius 1 is 1.36 bits per heavy atom. The van der Waals surface area contributed by atoms with Crippen molar-refractivity contribution in [3.8, 4) is 0 Å². The van der Waals surface area contributed by atoms with E-state index < -0.39 is 15.1 Å². The molecule has 22 heavy (non-hydrogen) atoms. The van der Waals surface area contributed by atoms with E-state index in [9.17, 15) is 13.2 Å². The largest absolute Gasteiger partial charge is 0.461 e. The predicted molar refractivity (Wildman–Crippen MR) is 84.4 cm³/mol. The van der Waals surface area contributed by atoms with E-state index in [1.54, 1.807) is 4.90 Å². The lowest BCUT2D eigenvalue weighted by Crippen LogP contribution is -2.31. The van der Waals surface area contributed by atoms with Crippen molar-refractivity contribution in [2.24, 2.45) is 0 Å². The van der Waals surface area contributed by atoms with Gasteiger partial charge >= 0.3 is 0 Å². The molecule has 3 rings (SSSR count). The molecule has 1 aliphatic heterocycles. The first-order valence-corrected chi connectivity index (χ1v) is 9.33. The van der Waals surface area contributed by atoms with Crippen LogP contribution in [-0.2, 0) is 21.1 Å². The van der Waals surface area contributed by atoms with Crippen LogP contribution >= 0.6 is 0 Å². The third-order valence-electron chi connectivity index (χ3n) is 4.17. The summed E-state index contributed by atoms with van der Waals surface area (Å²) in [5, 5.41) is 0.617. The third-order valence-corrected chi connectivity index (χ3v) is 5.76. The van der Waals surface area contributed by atoms with Crippen LogP contribution in [0.15, 0.2) is 34.7 Å². The maximum Gasteiger partial charge on any atom is 0.223 e. The number of hydrogen-bond donors (Lipinski definition) is 0. The molecule has 1 saturated heterocycles. The van der Waals surface area contributed by atoms with Crippen LogP contribution in [0.2, 0.25) is 0 Å². The van der Waals surface area contributed by atoms with E-state index in [4.69, 9.17) is 4.42 Å². The second-order valence-corrected chi connectivity index (χ2v) is 8.16. The zero-order valence-electron chi connectivity index (χ0n) is 12.5. The first-order chi connectivity index (χ1) is 10.4. The molecule has 1 amide bonds. The molecule has 1 aliphatic rings. The quantitative estimate of drug-likeness (QED) is 0.864. The number of fused-ring (bicyclic) bond motifs is 1. The normalized spacial score (nSPS) is 19.0. The Morgan fingerprint density at radius 2 is 2.14 bits per heavy atom. The highest BCUT2D eigenvalue weighted by molar-refractivity contribution is 7.91. The van der Waals surface area contributed by atoms with Crippen molar-refractivity contribution in [1.29, 1.82) is 0 Å². The summed E-state index contributed by atoms with van der Waals surface area (Å²) < 4.78 is 28.7. The molecule has 0 radical (unpaired) electrons. The van der Waals surface area contributed by atoms with Crippen molar-refractivity contribution in [2.45, 2.75) is 24.5 Å². The second kappa shape index (κ2) is 5.76. The number of hydrogen-bond acceptors (Lipinski definition) is 4. The highest BCUT2D eigenvalue weighted by atomic mass is 32.2. The van der Waals surface area contributed by atoms with Crippen LogP contribution < -0.4 is 0 Å². The summed E-state index contributed by atoms with van der Waals surface area (Å²) in [7, 11) is -3.07. The molecule has 0 aliphatic carbocycles. The fourth-order valence-electron chi connectivity index (χ4n) is 2.85. The first-order valence-electron chi connectivity index (χ1n) is 7.37. The standard InChI is InChI=1S/C16H19NO4S/c1-22(19,20)14-8-9-17(11-14)16(18)7-6-13-10-12-4-2-3-5-15(12)21-13/h2-5,10,14H,6-9,11H2,1H3.